The Morgan fingerprint density at radius 2 is 0.967 bits per heavy atom. The fourth-order valence-corrected chi connectivity index (χ4v) is 10.2. The Morgan fingerprint density at radius 1 is 0.582 bits per heavy atom. The molecule has 0 atom stereocenters. The van der Waals surface area contributed by atoms with Gasteiger partial charge < -0.3 is 40.7 Å². The molecule has 11 rings (SSSR count). The molecule has 0 fully saturated rings. The fraction of sp³-hybridized carbons (Fsp3) is 0.443. The first-order valence-corrected chi connectivity index (χ1v) is 28.9. The van der Waals surface area contributed by atoms with Gasteiger partial charge in [-0.1, -0.05) is 83.3 Å². The average molecular weight is 1380 g/mol. The summed E-state index contributed by atoms with van der Waals surface area (Å²) in [7, 11) is 13.6. The molecule has 0 aliphatic carbocycles. The highest BCUT2D eigenvalue weighted by Gasteiger charge is 2.32. The highest BCUT2D eigenvalue weighted by molar-refractivity contribution is 7.16. The summed E-state index contributed by atoms with van der Waals surface area (Å²) in [6, 6.07) is 11.2. The highest BCUT2D eigenvalue weighted by Crippen LogP contribution is 2.37. The van der Waals surface area contributed by atoms with Gasteiger partial charge in [0.15, 0.2) is 5.13 Å². The molecule has 0 radical (unpaired) electrons. The number of anilines is 8. The van der Waals surface area contributed by atoms with Gasteiger partial charge in [-0.25, -0.2) is 49.1 Å². The Kier molecular flexibility index (Phi) is 34.4. The van der Waals surface area contributed by atoms with Crippen molar-refractivity contribution in [2.75, 3.05) is 125 Å². The van der Waals surface area contributed by atoms with Gasteiger partial charge in [0.25, 0.3) is 0 Å². The molecule has 30 heteroatoms. The van der Waals surface area contributed by atoms with Crippen molar-refractivity contribution in [1.82, 2.24) is 49.5 Å². The summed E-state index contributed by atoms with van der Waals surface area (Å²) in [6.45, 7) is 9.12. The fourth-order valence-electron chi connectivity index (χ4n) is 8.86. The van der Waals surface area contributed by atoms with Crippen molar-refractivity contribution in [2.45, 2.75) is 95.6 Å². The van der Waals surface area contributed by atoms with E-state index in [1.165, 1.54) is 22.4 Å². The maximum atomic E-state index is 12.2. The van der Waals surface area contributed by atoms with Crippen LogP contribution in [0.2, 0.25) is 15.5 Å². The normalized spacial score (nSPS) is 12.5. The van der Waals surface area contributed by atoms with Crippen LogP contribution in [0.25, 0.3) is 0 Å². The number of carbonyl (C=O) groups is 5. The van der Waals surface area contributed by atoms with Gasteiger partial charge in [0, 0.05) is 154 Å². The van der Waals surface area contributed by atoms with Crippen molar-refractivity contribution in [3.8, 4) is 6.07 Å². The van der Waals surface area contributed by atoms with E-state index in [0.29, 0.717) is 63.3 Å². The Morgan fingerprint density at radius 3 is 1.40 bits per heavy atom. The van der Waals surface area contributed by atoms with Gasteiger partial charge in [0.05, 0.1) is 28.9 Å². The molecule has 500 valence electrons. The van der Waals surface area contributed by atoms with Crippen molar-refractivity contribution < 1.29 is 28.7 Å². The standard InChI is InChI=1S/C14H14N6OS.C12H15ClN2O2.C10H12ClN3O.C10H14N4O.C7H7ClN2.C3H6ClNO.5CH4.ClH/c1-19(2)14(21)20-6-4-10-11(20)3-5-16-12(10)18-13-17-8-9(7-15)22-13;1-12(2,3)17-11(16)15-7-5-8-9(15)4-6-14-10(8)13;2*1-13(2)10(15)14-6-4-7-8(14)3-5-12-9(7)11;8-7-5-1-3-9-6(5)2-4-10-7;1-5(2)3(4)6;;;;;;/h3,5,8H,4,6H2,1-2H3,(H,16,17,18);4,6H,5,7H2,1-3H3;3,5H,4,6H2,1-2H3;3,5H,4,6H2,1-2H3,(H2,11,12);2,4,9H,1,3H2;1-2H3;5*1H4;1H. The first-order valence-electron chi connectivity index (χ1n) is 26.5. The minimum atomic E-state index is -0.489. The van der Waals surface area contributed by atoms with E-state index in [-0.39, 0.29) is 73.7 Å². The van der Waals surface area contributed by atoms with Crippen LogP contribution in [-0.4, -0.2) is 174 Å². The summed E-state index contributed by atoms with van der Waals surface area (Å²) >= 11 is 23.9. The summed E-state index contributed by atoms with van der Waals surface area (Å²) in [5.41, 5.74) is 14.9. The predicted octanol–water partition coefficient (Wildman–Crippen LogP) is 13.9. The second kappa shape index (κ2) is 37.6. The van der Waals surface area contributed by atoms with Crippen LogP contribution >= 0.6 is 70.1 Å². The molecule has 4 N–H and O–H groups in total. The SMILES string of the molecule is C.C.C.C.C.CC(C)(C)OC(=O)N1CCc2c1ccnc2Cl.CN(C)C(=O)Cl.CN(C)C(=O)N1CCc2c1ccnc2Cl.CN(C)C(=O)N1CCc2c1ccnc2N.CN(C)C(=O)N1CCc2c1ccnc2Nc1ncc(C#N)s1.Cl.Clc1nccc2c1CCN2. The molecule has 11 heterocycles. The molecule has 0 saturated carbocycles. The summed E-state index contributed by atoms with van der Waals surface area (Å²) < 4.78 is 5.34. The maximum Gasteiger partial charge on any atom is 0.414 e. The molecule has 0 spiro atoms. The number of carbonyl (C=O) groups excluding carboxylic acids is 5. The molecule has 0 saturated heterocycles. The number of ether oxygens (including phenoxy) is 1. The number of nitriles is 1. The molecular formula is C61H89Cl5N18O6S. The molecule has 6 aromatic heterocycles. The molecule has 24 nitrogen and oxygen atoms in total. The van der Waals surface area contributed by atoms with Gasteiger partial charge in [-0.05, 0) is 94.8 Å². The molecule has 0 unspecified atom stereocenters. The lowest BCUT2D eigenvalue weighted by Crippen LogP contribution is -2.38. The largest absolute Gasteiger partial charge is 0.443 e. The van der Waals surface area contributed by atoms with Gasteiger partial charge in [-0.15, -0.1) is 12.4 Å². The number of rotatable bonds is 2. The molecule has 8 amide bonds. The Bertz CT molecular complexity index is 3360. The molecular weight excluding hydrogens is 1290 g/mol. The topological polar surface area (TPSA) is 272 Å². The van der Waals surface area contributed by atoms with Crippen molar-refractivity contribution in [3.05, 3.63) is 116 Å². The summed E-state index contributed by atoms with van der Waals surface area (Å²) in [5.74, 6) is 1.21. The average Bonchev–Trinajstić information content (AvgIpc) is 1.74. The number of hydrogen-bond acceptors (Lipinski definition) is 17. The molecule has 6 aromatic rings. The van der Waals surface area contributed by atoms with Crippen LogP contribution in [-0.2, 0) is 36.8 Å². The zero-order valence-electron chi connectivity index (χ0n) is 49.5. The highest BCUT2D eigenvalue weighted by atomic mass is 35.5. The van der Waals surface area contributed by atoms with E-state index >= 15 is 0 Å². The van der Waals surface area contributed by atoms with E-state index < -0.39 is 11.0 Å². The number of halogens is 5. The second-order valence-corrected chi connectivity index (χ2v) is 23.3. The summed E-state index contributed by atoms with van der Waals surface area (Å²) in [6.07, 6.45) is 13.5. The van der Waals surface area contributed by atoms with Crippen LogP contribution < -0.4 is 36.0 Å². The maximum absolute atomic E-state index is 12.2. The van der Waals surface area contributed by atoms with E-state index in [9.17, 15) is 24.0 Å². The number of hydrogen-bond donors (Lipinski definition) is 3. The summed E-state index contributed by atoms with van der Waals surface area (Å²) in [5, 5.41) is 17.0. The lowest BCUT2D eigenvalue weighted by Gasteiger charge is -2.24. The van der Waals surface area contributed by atoms with E-state index in [0.717, 1.165) is 94.9 Å². The van der Waals surface area contributed by atoms with Crippen LogP contribution in [0, 0.1) is 11.3 Å². The van der Waals surface area contributed by atoms with Gasteiger partial charge in [0.2, 0.25) is 0 Å². The van der Waals surface area contributed by atoms with Crippen LogP contribution in [0.5, 0.6) is 0 Å². The molecule has 0 aromatic carbocycles. The third-order valence-electron chi connectivity index (χ3n) is 12.9. The van der Waals surface area contributed by atoms with Gasteiger partial charge in [0.1, 0.15) is 43.6 Å². The smallest absolute Gasteiger partial charge is 0.414 e. The Labute approximate surface area is 567 Å². The first-order chi connectivity index (χ1) is 40.2. The van der Waals surface area contributed by atoms with Crippen LogP contribution in [0.15, 0.2) is 67.5 Å². The third-order valence-corrected chi connectivity index (χ3v) is 15.0. The Balaban J connectivity index is 0.00000109. The van der Waals surface area contributed by atoms with Crippen LogP contribution in [0.4, 0.5) is 69.2 Å². The number of nitrogens with two attached hydrogens (primary N) is 1. The zero-order chi connectivity index (χ0) is 62.4. The molecule has 5 aliphatic rings. The summed E-state index contributed by atoms with van der Waals surface area (Å²) in [4.78, 5) is 95.4. The third kappa shape index (κ3) is 21.7. The first kappa shape index (κ1) is 83.3. The number of fused-ring (bicyclic) bond motifs is 5. The van der Waals surface area contributed by atoms with Crippen molar-refractivity contribution in [2.24, 2.45) is 0 Å². The number of nitrogen functional groups attached to an aromatic ring is 1. The minimum absolute atomic E-state index is 0. The number of nitrogens with one attached hydrogen (secondary N) is 2. The molecule has 5 aliphatic heterocycles. The van der Waals surface area contributed by atoms with Crippen molar-refractivity contribution >= 4 is 145 Å². The van der Waals surface area contributed by atoms with E-state index in [4.69, 9.17) is 62.1 Å². The Hall–Kier alpha value is -7.73. The van der Waals surface area contributed by atoms with Crippen molar-refractivity contribution in [1.29, 1.82) is 5.26 Å². The number of amides is 8. The molecule has 0 bridgehead atoms. The number of thiazole rings is 1. The van der Waals surface area contributed by atoms with Crippen molar-refractivity contribution in [3.63, 3.8) is 0 Å². The van der Waals surface area contributed by atoms with Gasteiger partial charge in [-0.3, -0.25) is 24.4 Å². The van der Waals surface area contributed by atoms with Gasteiger partial charge >= 0.3 is 29.6 Å². The molecule has 91 heavy (non-hydrogen) atoms. The minimum Gasteiger partial charge on any atom is -0.443 e. The monoisotopic (exact) mass is 1380 g/mol. The van der Waals surface area contributed by atoms with E-state index in [2.05, 4.69) is 46.6 Å². The van der Waals surface area contributed by atoms with E-state index in [1.807, 2.05) is 45.0 Å². The zero-order valence-corrected chi connectivity index (χ0v) is 54.1. The lowest BCUT2D eigenvalue weighted by molar-refractivity contribution is 0.0583. The number of urea groups is 3. The van der Waals surface area contributed by atoms with Crippen LogP contribution in [0.3, 0.4) is 0 Å². The lowest BCUT2D eigenvalue weighted by atomic mass is 10.2. The van der Waals surface area contributed by atoms with Gasteiger partial charge in [-0.2, -0.15) is 5.26 Å². The number of aromatic nitrogens is 6. The quantitative estimate of drug-likeness (QED) is 0.0826. The second-order valence-electron chi connectivity index (χ2n) is 20.9. The van der Waals surface area contributed by atoms with E-state index in [1.54, 1.807) is 128 Å². The number of pyridine rings is 5. The van der Waals surface area contributed by atoms with Crippen LogP contribution in [0.1, 0.15) is 90.6 Å². The number of nitrogens with zero attached hydrogens (tertiary/aromatic N) is 15. The predicted molar refractivity (Wildman–Crippen MR) is 376 cm³/mol.